The van der Waals surface area contributed by atoms with Gasteiger partial charge >= 0.3 is 6.03 Å². The molecule has 0 radical (unpaired) electrons. The molecule has 5 rings (SSSR count). The largest absolute Gasteiger partial charge is 0.486 e. The molecule has 9 nitrogen and oxygen atoms in total. The van der Waals surface area contributed by atoms with Crippen molar-refractivity contribution < 1.29 is 23.0 Å². The van der Waals surface area contributed by atoms with Crippen molar-refractivity contribution >= 4 is 51.9 Å². The van der Waals surface area contributed by atoms with E-state index in [0.717, 1.165) is 0 Å². The number of nitrogens with zero attached hydrogens (tertiary/aromatic N) is 3. The molecule has 12 heteroatoms. The summed E-state index contributed by atoms with van der Waals surface area (Å²) in [6, 6.07) is 12.6. The quantitative estimate of drug-likeness (QED) is 0.208. The van der Waals surface area contributed by atoms with Crippen molar-refractivity contribution in [2.24, 2.45) is 5.10 Å². The van der Waals surface area contributed by atoms with Crippen molar-refractivity contribution in [1.29, 1.82) is 0 Å². The normalized spacial score (nSPS) is 15.1. The molecule has 38 heavy (non-hydrogen) atoms. The van der Waals surface area contributed by atoms with E-state index >= 15 is 0 Å². The van der Waals surface area contributed by atoms with Crippen LogP contribution in [0.25, 0.3) is 10.9 Å². The van der Waals surface area contributed by atoms with Gasteiger partial charge in [-0.2, -0.15) is 5.10 Å². The maximum Gasteiger partial charge on any atom is 0.339 e. The van der Waals surface area contributed by atoms with E-state index in [1.165, 1.54) is 55.0 Å². The van der Waals surface area contributed by atoms with Gasteiger partial charge in [-0.25, -0.2) is 29.0 Å². The summed E-state index contributed by atoms with van der Waals surface area (Å²) in [5.41, 5.74) is 4.39. The number of ether oxygens (including phenoxy) is 2. The molecule has 0 spiro atoms. The first-order valence-electron chi connectivity index (χ1n) is 11.6. The first-order chi connectivity index (χ1) is 18.4. The third-order valence-corrected chi connectivity index (χ3v) is 5.89. The molecular formula is C26H21ClF2N6O3. The highest BCUT2D eigenvalue weighted by molar-refractivity contribution is 6.31. The van der Waals surface area contributed by atoms with Crippen LogP contribution in [0, 0.1) is 11.6 Å². The number of nitrogens with one attached hydrogen (secondary N) is 3. The SMILES string of the molecule is O=C(N/N=C/c1ccc(F)cc1)Nc1cc2c(Nc3ccc(F)c(Cl)c3)ncnc2cc1O[C@H]1CCOC1. The molecule has 0 unspecified atom stereocenters. The van der Waals surface area contributed by atoms with Crippen molar-refractivity contribution in [3.8, 4) is 5.75 Å². The van der Waals surface area contributed by atoms with Crippen LogP contribution in [0.4, 0.5) is 30.8 Å². The molecule has 0 bridgehead atoms. The second-order valence-corrected chi connectivity index (χ2v) is 8.73. The smallest absolute Gasteiger partial charge is 0.339 e. The van der Waals surface area contributed by atoms with E-state index in [0.29, 0.717) is 59.0 Å². The lowest BCUT2D eigenvalue weighted by molar-refractivity contribution is 0.142. The maximum absolute atomic E-state index is 13.6. The van der Waals surface area contributed by atoms with Crippen LogP contribution in [0.1, 0.15) is 12.0 Å². The number of hydrogen-bond donors (Lipinski definition) is 3. The van der Waals surface area contributed by atoms with Gasteiger partial charge in [0.1, 0.15) is 35.6 Å². The lowest BCUT2D eigenvalue weighted by atomic mass is 10.1. The van der Waals surface area contributed by atoms with Crippen molar-refractivity contribution in [2.75, 3.05) is 23.8 Å². The van der Waals surface area contributed by atoms with Gasteiger partial charge in [0.2, 0.25) is 0 Å². The van der Waals surface area contributed by atoms with E-state index in [9.17, 15) is 13.6 Å². The molecule has 4 aromatic rings. The number of halogens is 3. The van der Waals surface area contributed by atoms with E-state index in [2.05, 4.69) is 31.1 Å². The Bertz CT molecular complexity index is 1500. The third-order valence-electron chi connectivity index (χ3n) is 5.60. The molecule has 3 N–H and O–H groups in total. The number of amides is 2. The van der Waals surface area contributed by atoms with E-state index < -0.39 is 11.8 Å². The second kappa shape index (κ2) is 11.4. The van der Waals surface area contributed by atoms with Gasteiger partial charge < -0.3 is 20.1 Å². The van der Waals surface area contributed by atoms with Crippen LogP contribution in [0.2, 0.25) is 5.02 Å². The molecule has 1 aliphatic rings. The van der Waals surface area contributed by atoms with Crippen LogP contribution in [-0.2, 0) is 4.74 Å². The zero-order chi connectivity index (χ0) is 26.5. The summed E-state index contributed by atoms with van der Waals surface area (Å²) >= 11 is 5.91. The molecule has 2 amide bonds. The summed E-state index contributed by atoms with van der Waals surface area (Å²) in [4.78, 5) is 21.3. The summed E-state index contributed by atoms with van der Waals surface area (Å²) < 4.78 is 38.2. The van der Waals surface area contributed by atoms with Crippen molar-refractivity contribution in [3.05, 3.63) is 83.1 Å². The van der Waals surface area contributed by atoms with Gasteiger partial charge in [0.15, 0.2) is 0 Å². The number of carbonyl (C=O) groups excluding carboxylic acids is 1. The number of carbonyl (C=O) groups is 1. The van der Waals surface area contributed by atoms with Gasteiger partial charge in [0, 0.05) is 23.6 Å². The summed E-state index contributed by atoms with van der Waals surface area (Å²) in [7, 11) is 0. The summed E-state index contributed by atoms with van der Waals surface area (Å²) in [5.74, 6) is -0.113. The zero-order valence-corrected chi connectivity index (χ0v) is 20.5. The molecule has 3 aromatic carbocycles. The average Bonchev–Trinajstić information content (AvgIpc) is 3.41. The molecule has 1 aromatic heterocycles. The molecular weight excluding hydrogens is 518 g/mol. The highest BCUT2D eigenvalue weighted by atomic mass is 35.5. The molecule has 2 heterocycles. The van der Waals surface area contributed by atoms with Crippen molar-refractivity contribution in [2.45, 2.75) is 12.5 Å². The predicted octanol–water partition coefficient (Wildman–Crippen LogP) is 5.63. The Kier molecular flexibility index (Phi) is 7.57. The fourth-order valence-electron chi connectivity index (χ4n) is 3.74. The standard InChI is InChI=1S/C26H21ClF2N6O3/c27-20-9-17(5-6-21(20)29)33-25-19-10-23(34-26(36)35-32-12-15-1-3-16(28)4-2-15)24(11-22(19)30-14-31-25)38-18-7-8-37-13-18/h1-6,9-12,14,18H,7-8,13H2,(H,30,31,33)(H2,34,35,36)/b32-12+/t18-/m0/s1. The number of aromatic nitrogens is 2. The van der Waals surface area contributed by atoms with Crippen LogP contribution in [0.5, 0.6) is 5.75 Å². The van der Waals surface area contributed by atoms with E-state index in [4.69, 9.17) is 21.1 Å². The number of hydrazone groups is 1. The Hall–Kier alpha value is -4.35. The minimum absolute atomic E-state index is 0.0388. The molecule has 1 fully saturated rings. The van der Waals surface area contributed by atoms with Crippen LogP contribution in [0.3, 0.4) is 0 Å². The summed E-state index contributed by atoms with van der Waals surface area (Å²) in [6.45, 7) is 1.00. The van der Waals surface area contributed by atoms with Crippen molar-refractivity contribution in [1.82, 2.24) is 15.4 Å². The minimum atomic E-state index is -0.632. The number of anilines is 3. The Morgan fingerprint density at radius 1 is 1.13 bits per heavy atom. The molecule has 194 valence electrons. The van der Waals surface area contributed by atoms with Gasteiger partial charge in [0.05, 0.1) is 35.7 Å². The molecule has 1 atom stereocenters. The molecule has 1 aliphatic heterocycles. The summed E-state index contributed by atoms with van der Waals surface area (Å²) in [5, 5.41) is 10.3. The van der Waals surface area contributed by atoms with Gasteiger partial charge in [0.25, 0.3) is 0 Å². The fraction of sp³-hybridized carbons (Fsp3) is 0.154. The lowest BCUT2D eigenvalue weighted by Gasteiger charge is -2.18. The third kappa shape index (κ3) is 6.13. The van der Waals surface area contributed by atoms with Crippen LogP contribution in [-0.4, -0.2) is 41.5 Å². The van der Waals surface area contributed by atoms with E-state index in [1.54, 1.807) is 12.1 Å². The Balaban J connectivity index is 1.42. The average molecular weight is 539 g/mol. The Morgan fingerprint density at radius 3 is 2.74 bits per heavy atom. The topological polar surface area (TPSA) is 110 Å². The number of fused-ring (bicyclic) bond motifs is 1. The number of urea groups is 1. The van der Waals surface area contributed by atoms with Gasteiger partial charge in [-0.3, -0.25) is 0 Å². The van der Waals surface area contributed by atoms with Gasteiger partial charge in [-0.05, 0) is 42.0 Å². The fourth-order valence-corrected chi connectivity index (χ4v) is 3.92. The highest BCUT2D eigenvalue weighted by Crippen LogP contribution is 2.35. The van der Waals surface area contributed by atoms with E-state index in [1.807, 2.05) is 0 Å². The number of hydrogen-bond acceptors (Lipinski definition) is 7. The van der Waals surface area contributed by atoms with Gasteiger partial charge in [-0.15, -0.1) is 0 Å². The monoisotopic (exact) mass is 538 g/mol. The lowest BCUT2D eigenvalue weighted by Crippen LogP contribution is -2.25. The van der Waals surface area contributed by atoms with Gasteiger partial charge in [-0.1, -0.05) is 23.7 Å². The predicted molar refractivity (Wildman–Crippen MR) is 140 cm³/mol. The Labute approximate surface area is 220 Å². The number of rotatable bonds is 7. The number of benzene rings is 3. The van der Waals surface area contributed by atoms with Crippen LogP contribution < -0.4 is 20.8 Å². The maximum atomic E-state index is 13.6. The van der Waals surface area contributed by atoms with E-state index in [-0.39, 0.29) is 16.9 Å². The molecule has 0 saturated carbocycles. The molecule has 0 aliphatic carbocycles. The van der Waals surface area contributed by atoms with Crippen molar-refractivity contribution in [3.63, 3.8) is 0 Å². The van der Waals surface area contributed by atoms with Crippen LogP contribution in [0.15, 0.2) is 66.0 Å². The Morgan fingerprint density at radius 2 is 1.97 bits per heavy atom. The highest BCUT2D eigenvalue weighted by Gasteiger charge is 2.21. The zero-order valence-electron chi connectivity index (χ0n) is 19.7. The minimum Gasteiger partial charge on any atom is -0.486 e. The first-order valence-corrected chi connectivity index (χ1v) is 11.9. The molecule has 1 saturated heterocycles. The van der Waals surface area contributed by atoms with Crippen LogP contribution >= 0.6 is 11.6 Å². The second-order valence-electron chi connectivity index (χ2n) is 8.32. The first kappa shape index (κ1) is 25.3. The summed E-state index contributed by atoms with van der Waals surface area (Å²) in [6.07, 6.45) is 3.28.